The van der Waals surface area contributed by atoms with Gasteiger partial charge in [-0.1, -0.05) is 32.1 Å². The predicted octanol–water partition coefficient (Wildman–Crippen LogP) is 2.25. The molecule has 5 heteroatoms. The zero-order chi connectivity index (χ0) is 15.8. The van der Waals surface area contributed by atoms with Gasteiger partial charge in [0.15, 0.2) is 0 Å². The van der Waals surface area contributed by atoms with Gasteiger partial charge in [0.05, 0.1) is 12.1 Å². The Hall–Kier alpha value is -0.810. The molecule has 0 radical (unpaired) electrons. The molecule has 2 amide bonds. The summed E-state index contributed by atoms with van der Waals surface area (Å²) in [7, 11) is 2.20. The van der Waals surface area contributed by atoms with Crippen molar-refractivity contribution in [3.05, 3.63) is 0 Å². The fourth-order valence-corrected chi connectivity index (χ4v) is 3.89. The van der Waals surface area contributed by atoms with Crippen molar-refractivity contribution in [1.29, 1.82) is 0 Å². The first-order valence-corrected chi connectivity index (χ1v) is 9.02. The number of carbonyl (C=O) groups excluding carboxylic acids is 1. The minimum atomic E-state index is -0.372. The molecule has 0 saturated heterocycles. The summed E-state index contributed by atoms with van der Waals surface area (Å²) in [6, 6.07) is 0.606. The molecule has 0 aliphatic heterocycles. The number of amides is 2. The smallest absolute Gasteiger partial charge is 0.315 e. The van der Waals surface area contributed by atoms with Gasteiger partial charge in [0.2, 0.25) is 0 Å². The molecule has 2 rings (SSSR count). The maximum atomic E-state index is 12.0. The van der Waals surface area contributed by atoms with E-state index in [-0.39, 0.29) is 18.2 Å². The fourth-order valence-electron chi connectivity index (χ4n) is 3.89. The van der Waals surface area contributed by atoms with Crippen LogP contribution in [0.1, 0.15) is 64.2 Å². The highest BCUT2D eigenvalue weighted by Crippen LogP contribution is 2.28. The summed E-state index contributed by atoms with van der Waals surface area (Å²) in [4.78, 5) is 14.4. The standard InChI is InChI=1S/C17H33N3O2/c1-20(15-8-3-2-4-9-15)13-7-12-18-16(22)19-17(14-21)10-5-6-11-17/h15,21H,2-14H2,1H3,(H2,18,19,22). The Bertz CT molecular complexity index is 337. The van der Waals surface area contributed by atoms with Crippen LogP contribution in [-0.4, -0.2) is 54.4 Å². The zero-order valence-corrected chi connectivity index (χ0v) is 14.1. The first kappa shape index (κ1) is 17.5. The van der Waals surface area contributed by atoms with Gasteiger partial charge in [-0.05, 0) is 45.7 Å². The predicted molar refractivity (Wildman–Crippen MR) is 88.9 cm³/mol. The van der Waals surface area contributed by atoms with Crippen LogP contribution in [0.25, 0.3) is 0 Å². The average molecular weight is 311 g/mol. The summed E-state index contributed by atoms with van der Waals surface area (Å²) >= 11 is 0. The number of aliphatic hydroxyl groups excluding tert-OH is 1. The van der Waals surface area contributed by atoms with Crippen molar-refractivity contribution in [2.24, 2.45) is 0 Å². The minimum Gasteiger partial charge on any atom is -0.394 e. The number of hydrogen-bond acceptors (Lipinski definition) is 3. The lowest BCUT2D eigenvalue weighted by atomic mass is 9.94. The molecule has 0 unspecified atom stereocenters. The van der Waals surface area contributed by atoms with Crippen LogP contribution in [0.4, 0.5) is 4.79 Å². The van der Waals surface area contributed by atoms with Gasteiger partial charge in [-0.25, -0.2) is 4.79 Å². The summed E-state index contributed by atoms with van der Waals surface area (Å²) in [5.41, 5.74) is -0.372. The summed E-state index contributed by atoms with van der Waals surface area (Å²) in [6.07, 6.45) is 11.7. The lowest BCUT2D eigenvalue weighted by Gasteiger charge is -2.31. The number of nitrogens with zero attached hydrogens (tertiary/aromatic N) is 1. The third-order valence-electron chi connectivity index (χ3n) is 5.41. The molecule has 0 bridgehead atoms. The van der Waals surface area contributed by atoms with Gasteiger partial charge >= 0.3 is 6.03 Å². The second kappa shape index (κ2) is 8.73. The van der Waals surface area contributed by atoms with E-state index in [0.29, 0.717) is 6.54 Å². The molecule has 0 aromatic rings. The molecule has 2 aliphatic carbocycles. The van der Waals surface area contributed by atoms with Crippen molar-refractivity contribution in [3.63, 3.8) is 0 Å². The monoisotopic (exact) mass is 311 g/mol. The molecular formula is C17H33N3O2. The first-order valence-electron chi connectivity index (χ1n) is 9.02. The molecule has 5 nitrogen and oxygen atoms in total. The van der Waals surface area contributed by atoms with Crippen LogP contribution in [0.2, 0.25) is 0 Å². The Balaban J connectivity index is 1.58. The van der Waals surface area contributed by atoms with E-state index < -0.39 is 0 Å². The van der Waals surface area contributed by atoms with Crippen molar-refractivity contribution >= 4 is 6.03 Å². The number of carbonyl (C=O) groups is 1. The Morgan fingerprint density at radius 3 is 2.50 bits per heavy atom. The highest BCUT2D eigenvalue weighted by atomic mass is 16.3. The van der Waals surface area contributed by atoms with Crippen molar-refractivity contribution < 1.29 is 9.90 Å². The molecule has 22 heavy (non-hydrogen) atoms. The van der Waals surface area contributed by atoms with Gasteiger partial charge in [0.1, 0.15) is 0 Å². The number of urea groups is 1. The maximum absolute atomic E-state index is 12.0. The molecule has 2 saturated carbocycles. The van der Waals surface area contributed by atoms with Crippen LogP contribution >= 0.6 is 0 Å². The summed E-state index contributed by atoms with van der Waals surface area (Å²) in [5, 5.41) is 15.4. The highest BCUT2D eigenvalue weighted by molar-refractivity contribution is 5.74. The Kier molecular flexibility index (Phi) is 6.96. The van der Waals surface area contributed by atoms with E-state index in [9.17, 15) is 9.90 Å². The summed E-state index contributed by atoms with van der Waals surface area (Å²) in [6.45, 7) is 1.78. The van der Waals surface area contributed by atoms with Crippen molar-refractivity contribution in [3.8, 4) is 0 Å². The Morgan fingerprint density at radius 2 is 1.86 bits per heavy atom. The molecule has 0 aromatic carbocycles. The largest absolute Gasteiger partial charge is 0.394 e. The van der Waals surface area contributed by atoms with Gasteiger partial charge in [-0.15, -0.1) is 0 Å². The molecule has 2 fully saturated rings. The van der Waals surface area contributed by atoms with Crippen molar-refractivity contribution in [2.45, 2.75) is 75.8 Å². The molecule has 0 heterocycles. The van der Waals surface area contributed by atoms with E-state index >= 15 is 0 Å². The molecular weight excluding hydrogens is 278 g/mol. The third-order valence-corrected chi connectivity index (χ3v) is 5.41. The first-order chi connectivity index (χ1) is 10.7. The van der Waals surface area contributed by atoms with E-state index in [1.165, 1.54) is 32.1 Å². The molecule has 0 aromatic heterocycles. The number of rotatable bonds is 7. The second-order valence-corrected chi connectivity index (χ2v) is 7.15. The van der Waals surface area contributed by atoms with Crippen LogP contribution in [-0.2, 0) is 0 Å². The van der Waals surface area contributed by atoms with Gasteiger partial charge < -0.3 is 20.6 Å². The van der Waals surface area contributed by atoms with Gasteiger partial charge in [-0.2, -0.15) is 0 Å². The number of nitrogens with one attached hydrogen (secondary N) is 2. The quantitative estimate of drug-likeness (QED) is 0.632. The third kappa shape index (κ3) is 5.13. The highest BCUT2D eigenvalue weighted by Gasteiger charge is 2.34. The number of hydrogen-bond donors (Lipinski definition) is 3. The Morgan fingerprint density at radius 1 is 1.18 bits per heavy atom. The average Bonchev–Trinajstić information content (AvgIpc) is 3.01. The lowest BCUT2D eigenvalue weighted by Crippen LogP contribution is -2.53. The van der Waals surface area contributed by atoms with E-state index in [4.69, 9.17) is 0 Å². The van der Waals surface area contributed by atoms with E-state index in [2.05, 4.69) is 22.6 Å². The van der Waals surface area contributed by atoms with E-state index in [0.717, 1.165) is 44.7 Å². The molecule has 2 aliphatic rings. The molecule has 3 N–H and O–H groups in total. The van der Waals surface area contributed by atoms with Crippen LogP contribution in [0.15, 0.2) is 0 Å². The van der Waals surface area contributed by atoms with Crippen LogP contribution in [0, 0.1) is 0 Å². The van der Waals surface area contributed by atoms with Gasteiger partial charge in [0.25, 0.3) is 0 Å². The molecule has 0 spiro atoms. The second-order valence-electron chi connectivity index (χ2n) is 7.15. The topological polar surface area (TPSA) is 64.6 Å². The lowest BCUT2D eigenvalue weighted by molar-refractivity contribution is 0.162. The van der Waals surface area contributed by atoms with E-state index in [1.807, 2.05) is 0 Å². The maximum Gasteiger partial charge on any atom is 0.315 e. The van der Waals surface area contributed by atoms with Crippen molar-refractivity contribution in [2.75, 3.05) is 26.7 Å². The minimum absolute atomic E-state index is 0.0465. The van der Waals surface area contributed by atoms with Crippen LogP contribution in [0.5, 0.6) is 0 Å². The normalized spacial score (nSPS) is 22.0. The fraction of sp³-hybridized carbons (Fsp3) is 0.941. The SMILES string of the molecule is CN(CCCNC(=O)NC1(CO)CCCC1)C1CCCCC1. The van der Waals surface area contributed by atoms with Crippen LogP contribution in [0.3, 0.4) is 0 Å². The molecule has 0 atom stereocenters. The Labute approximate surface area is 134 Å². The van der Waals surface area contributed by atoms with Gasteiger partial charge in [-0.3, -0.25) is 0 Å². The molecule has 128 valence electrons. The number of aliphatic hydroxyl groups is 1. The summed E-state index contributed by atoms with van der Waals surface area (Å²) in [5.74, 6) is 0. The van der Waals surface area contributed by atoms with Crippen LogP contribution < -0.4 is 10.6 Å². The summed E-state index contributed by atoms with van der Waals surface area (Å²) < 4.78 is 0. The van der Waals surface area contributed by atoms with E-state index in [1.54, 1.807) is 0 Å². The van der Waals surface area contributed by atoms with Gasteiger partial charge in [0, 0.05) is 12.6 Å². The van der Waals surface area contributed by atoms with Crippen molar-refractivity contribution in [1.82, 2.24) is 15.5 Å². The zero-order valence-electron chi connectivity index (χ0n) is 14.1.